The average Bonchev–Trinajstić information content (AvgIpc) is 2.53. The lowest BCUT2D eigenvalue weighted by Gasteiger charge is -2.40. The molecule has 1 saturated carbocycles. The van der Waals surface area contributed by atoms with Crippen molar-refractivity contribution in [1.82, 2.24) is 0 Å². The van der Waals surface area contributed by atoms with Crippen LogP contribution in [0.1, 0.15) is 49.8 Å². The van der Waals surface area contributed by atoms with E-state index in [-0.39, 0.29) is 18.1 Å². The van der Waals surface area contributed by atoms with Gasteiger partial charge in [-0.25, -0.2) is 4.79 Å². The van der Waals surface area contributed by atoms with Gasteiger partial charge < -0.3 is 14.3 Å². The van der Waals surface area contributed by atoms with Crippen LogP contribution in [0.2, 0.25) is 0 Å². The van der Waals surface area contributed by atoms with Gasteiger partial charge >= 0.3 is 5.63 Å². The number of ether oxygens (including phenoxy) is 1. The number of fused-ring (bicyclic) bond motifs is 1. The lowest BCUT2D eigenvalue weighted by atomic mass is 9.64. The Morgan fingerprint density at radius 2 is 2.09 bits per heavy atom. The first-order chi connectivity index (χ1) is 10.7. The molecule has 0 aromatic carbocycles. The first-order valence-electron chi connectivity index (χ1n) is 8.15. The van der Waals surface area contributed by atoms with Crippen LogP contribution in [0.4, 0.5) is 0 Å². The molecule has 0 spiro atoms. The molecule has 3 rings (SSSR count). The van der Waals surface area contributed by atoms with Crippen molar-refractivity contribution in [3.05, 3.63) is 40.0 Å². The Morgan fingerprint density at radius 1 is 1.32 bits per heavy atom. The maximum Gasteiger partial charge on any atom is 0.345 e. The molecule has 4 atom stereocenters. The predicted octanol–water partition coefficient (Wildman–Crippen LogP) is 3.24. The molecule has 0 saturated heterocycles. The molecule has 1 N–H and O–H groups in total. The average molecular weight is 304 g/mol. The minimum Gasteiger partial charge on any atom is -0.496 e. The second-order valence-corrected chi connectivity index (χ2v) is 6.52. The van der Waals surface area contributed by atoms with E-state index >= 15 is 0 Å². The SMILES string of the molecule is COc1cc([C@H]2[C@@H]3CCCC[C@@H]3C=C[C@@H]2C)oc(=O)c1CO. The molecule has 1 aromatic rings. The van der Waals surface area contributed by atoms with E-state index in [4.69, 9.17) is 9.15 Å². The molecule has 0 bridgehead atoms. The highest BCUT2D eigenvalue weighted by atomic mass is 16.5. The Bertz CT molecular complexity index is 616. The van der Waals surface area contributed by atoms with Crippen molar-refractivity contribution >= 4 is 0 Å². The Labute approximate surface area is 130 Å². The Balaban J connectivity index is 2.03. The third-order valence-corrected chi connectivity index (χ3v) is 5.30. The molecule has 1 heterocycles. The molecular weight excluding hydrogens is 280 g/mol. The van der Waals surface area contributed by atoms with Gasteiger partial charge in [0.1, 0.15) is 17.1 Å². The molecule has 1 fully saturated rings. The number of hydrogen-bond acceptors (Lipinski definition) is 4. The normalized spacial score (nSPS) is 30.9. The fraction of sp³-hybridized carbons (Fsp3) is 0.611. The number of aliphatic hydroxyl groups is 1. The van der Waals surface area contributed by atoms with Crippen LogP contribution in [0.25, 0.3) is 0 Å². The summed E-state index contributed by atoms with van der Waals surface area (Å²) < 4.78 is 10.9. The van der Waals surface area contributed by atoms with Crippen LogP contribution in [0, 0.1) is 17.8 Å². The molecule has 1 aromatic heterocycles. The highest BCUT2D eigenvalue weighted by Crippen LogP contribution is 2.48. The molecule has 0 aliphatic heterocycles. The van der Waals surface area contributed by atoms with Crippen molar-refractivity contribution in [2.45, 2.75) is 45.1 Å². The zero-order valence-corrected chi connectivity index (χ0v) is 13.2. The summed E-state index contributed by atoms with van der Waals surface area (Å²) in [6.45, 7) is 1.82. The molecule has 0 radical (unpaired) electrons. The molecule has 4 nitrogen and oxygen atoms in total. The van der Waals surface area contributed by atoms with Gasteiger partial charge in [0.25, 0.3) is 0 Å². The Hall–Kier alpha value is -1.55. The highest BCUT2D eigenvalue weighted by molar-refractivity contribution is 5.33. The summed E-state index contributed by atoms with van der Waals surface area (Å²) in [6.07, 6.45) is 9.53. The predicted molar refractivity (Wildman–Crippen MR) is 83.9 cm³/mol. The fourth-order valence-corrected chi connectivity index (χ4v) is 4.17. The summed E-state index contributed by atoms with van der Waals surface area (Å²) >= 11 is 0. The first-order valence-corrected chi connectivity index (χ1v) is 8.15. The standard InChI is InChI=1S/C18H24O4/c1-11-7-8-12-5-3-4-6-13(12)17(11)16-9-15(21-2)14(10-19)18(20)22-16/h7-9,11-13,17,19H,3-6,10H2,1-2H3/t11-,12+,13+,17+/m0/s1. The van der Waals surface area contributed by atoms with Crippen LogP contribution in [0.15, 0.2) is 27.4 Å². The van der Waals surface area contributed by atoms with Gasteiger partial charge in [-0.15, -0.1) is 0 Å². The third-order valence-electron chi connectivity index (χ3n) is 5.30. The molecule has 0 unspecified atom stereocenters. The number of allylic oxidation sites excluding steroid dienone is 2. The van der Waals surface area contributed by atoms with Gasteiger partial charge in [-0.3, -0.25) is 0 Å². The van der Waals surface area contributed by atoms with Gasteiger partial charge in [-0.05, 0) is 30.6 Å². The second-order valence-electron chi connectivity index (χ2n) is 6.52. The topological polar surface area (TPSA) is 59.7 Å². The van der Waals surface area contributed by atoms with E-state index in [1.165, 1.54) is 32.8 Å². The molecule has 2 aliphatic rings. The summed E-state index contributed by atoms with van der Waals surface area (Å²) in [6, 6.07) is 1.80. The highest BCUT2D eigenvalue weighted by Gasteiger charge is 2.38. The van der Waals surface area contributed by atoms with E-state index in [0.29, 0.717) is 29.3 Å². The van der Waals surface area contributed by atoms with E-state index in [0.717, 1.165) is 0 Å². The van der Waals surface area contributed by atoms with Gasteiger partial charge in [-0.2, -0.15) is 0 Å². The zero-order valence-electron chi connectivity index (χ0n) is 13.2. The van der Waals surface area contributed by atoms with E-state index in [2.05, 4.69) is 19.1 Å². The van der Waals surface area contributed by atoms with E-state index in [1.54, 1.807) is 6.07 Å². The van der Waals surface area contributed by atoms with Crippen LogP contribution in [0.5, 0.6) is 5.75 Å². The van der Waals surface area contributed by atoms with Crippen molar-refractivity contribution in [3.8, 4) is 5.75 Å². The molecule has 22 heavy (non-hydrogen) atoms. The minimum atomic E-state index is -0.481. The number of methoxy groups -OCH3 is 1. The van der Waals surface area contributed by atoms with Gasteiger partial charge in [0.05, 0.1) is 13.7 Å². The number of hydrogen-bond donors (Lipinski definition) is 1. The quantitative estimate of drug-likeness (QED) is 0.871. The van der Waals surface area contributed by atoms with Crippen molar-refractivity contribution < 1.29 is 14.3 Å². The van der Waals surface area contributed by atoms with Crippen molar-refractivity contribution in [1.29, 1.82) is 0 Å². The van der Waals surface area contributed by atoms with E-state index < -0.39 is 5.63 Å². The maximum atomic E-state index is 12.1. The van der Waals surface area contributed by atoms with Crippen LogP contribution < -0.4 is 10.4 Å². The van der Waals surface area contributed by atoms with Crippen molar-refractivity contribution in [2.24, 2.45) is 17.8 Å². The van der Waals surface area contributed by atoms with Crippen molar-refractivity contribution in [3.63, 3.8) is 0 Å². The van der Waals surface area contributed by atoms with E-state index in [1.807, 2.05) is 0 Å². The van der Waals surface area contributed by atoms with Gasteiger partial charge in [0.2, 0.25) is 0 Å². The molecular formula is C18H24O4. The second kappa shape index (κ2) is 6.29. The third kappa shape index (κ3) is 2.60. The molecule has 4 heteroatoms. The first kappa shape index (κ1) is 15.3. The van der Waals surface area contributed by atoms with Crippen LogP contribution >= 0.6 is 0 Å². The summed E-state index contributed by atoms with van der Waals surface area (Å²) in [5, 5.41) is 9.32. The van der Waals surface area contributed by atoms with Crippen LogP contribution in [-0.2, 0) is 6.61 Å². The lowest BCUT2D eigenvalue weighted by Crippen LogP contribution is -2.31. The van der Waals surface area contributed by atoms with Gasteiger partial charge in [-0.1, -0.05) is 31.9 Å². The van der Waals surface area contributed by atoms with Gasteiger partial charge in [0.15, 0.2) is 0 Å². The Kier molecular flexibility index (Phi) is 4.39. The molecule has 0 amide bonds. The maximum absolute atomic E-state index is 12.1. The van der Waals surface area contributed by atoms with E-state index in [9.17, 15) is 9.90 Å². The smallest absolute Gasteiger partial charge is 0.345 e. The number of aliphatic hydroxyl groups excluding tert-OH is 1. The zero-order chi connectivity index (χ0) is 15.7. The summed E-state index contributed by atoms with van der Waals surface area (Å²) in [5.41, 5.74) is -0.281. The van der Waals surface area contributed by atoms with Crippen LogP contribution in [-0.4, -0.2) is 12.2 Å². The monoisotopic (exact) mass is 304 g/mol. The Morgan fingerprint density at radius 3 is 2.82 bits per heavy atom. The summed E-state index contributed by atoms with van der Waals surface area (Å²) in [7, 11) is 1.52. The van der Waals surface area contributed by atoms with Gasteiger partial charge in [0, 0.05) is 12.0 Å². The van der Waals surface area contributed by atoms with Crippen molar-refractivity contribution in [2.75, 3.05) is 7.11 Å². The molecule has 120 valence electrons. The fourth-order valence-electron chi connectivity index (χ4n) is 4.17. The number of rotatable bonds is 3. The van der Waals surface area contributed by atoms with Crippen LogP contribution in [0.3, 0.4) is 0 Å². The minimum absolute atomic E-state index is 0.199. The molecule has 2 aliphatic carbocycles. The lowest BCUT2D eigenvalue weighted by molar-refractivity contribution is 0.177. The largest absolute Gasteiger partial charge is 0.496 e. The summed E-state index contributed by atoms with van der Waals surface area (Å²) in [5.74, 6) is 2.80. The summed E-state index contributed by atoms with van der Waals surface area (Å²) in [4.78, 5) is 12.1.